The fourth-order valence-electron chi connectivity index (χ4n) is 7.13. The molecule has 218 valence electrons. The number of carbonyl (C=O) groups excluding carboxylic acids is 2. The Morgan fingerprint density at radius 1 is 1.00 bits per heavy atom. The van der Waals surface area contributed by atoms with Crippen molar-refractivity contribution in [1.29, 1.82) is 0 Å². The second-order valence-corrected chi connectivity index (χ2v) is 12.4. The van der Waals surface area contributed by atoms with Crippen LogP contribution in [-0.4, -0.2) is 55.5 Å². The molecule has 3 aliphatic rings. The van der Waals surface area contributed by atoms with Gasteiger partial charge in [-0.3, -0.25) is 14.6 Å². The van der Waals surface area contributed by atoms with Crippen LogP contribution in [0.25, 0.3) is 33.5 Å². The van der Waals surface area contributed by atoms with Gasteiger partial charge < -0.3 is 24.1 Å². The number of aromatic nitrogens is 4. The maximum Gasteiger partial charge on any atom is 0.255 e. The summed E-state index contributed by atoms with van der Waals surface area (Å²) in [5.41, 5.74) is 5.52. The predicted octanol–water partition coefficient (Wildman–Crippen LogP) is 5.89. The molecule has 43 heavy (non-hydrogen) atoms. The topological polar surface area (TPSA) is 94.3 Å². The molecule has 2 aromatic carbocycles. The Labute approximate surface area is 249 Å². The normalized spacial score (nSPS) is 19.4. The van der Waals surface area contributed by atoms with Crippen molar-refractivity contribution in [3.8, 4) is 17.3 Å². The van der Waals surface area contributed by atoms with Crippen molar-refractivity contribution in [2.24, 2.45) is 18.9 Å². The number of pyridine rings is 1. The Morgan fingerprint density at radius 2 is 1.84 bits per heavy atom. The van der Waals surface area contributed by atoms with Crippen molar-refractivity contribution in [3.63, 3.8) is 0 Å². The molecule has 2 aliphatic carbocycles. The first kappa shape index (κ1) is 26.0. The maximum absolute atomic E-state index is 13.6. The van der Waals surface area contributed by atoms with Gasteiger partial charge in [0.2, 0.25) is 0 Å². The monoisotopic (exact) mass is 574 g/mol. The number of piperidine rings is 1. The average molecular weight is 575 g/mol. The van der Waals surface area contributed by atoms with E-state index in [0.29, 0.717) is 40.4 Å². The van der Waals surface area contributed by atoms with E-state index in [1.165, 1.54) is 19.3 Å². The molecule has 5 aromatic rings. The molecular formula is C34H34N6O3. The highest BCUT2D eigenvalue weighted by Crippen LogP contribution is 2.40. The van der Waals surface area contributed by atoms with Crippen LogP contribution in [0.1, 0.15) is 52.8 Å². The van der Waals surface area contributed by atoms with Crippen LogP contribution in [-0.2, 0) is 13.6 Å². The third-order valence-corrected chi connectivity index (χ3v) is 9.54. The standard InChI is InChI=1S/C34H34N6O3/c1-38-31-27(14-24(17-30(31)43-2)34(42)39-19-21-5-8-26(39)13-21)37-32(38)29-15-22-6-7-23(16-28(22)40(29)18-20-3-4-20)33(41)36-25-9-11-35-12-10-25/h6-7,9-12,14-17,20-21,26H,3-5,8,13,18-19H2,1-2H3,(H,35,36,41). The Kier molecular flexibility index (Phi) is 6.03. The number of ether oxygens (including phenoxy) is 1. The number of carbonyl (C=O) groups is 2. The third-order valence-electron chi connectivity index (χ3n) is 9.54. The van der Waals surface area contributed by atoms with Gasteiger partial charge >= 0.3 is 0 Å². The Balaban J connectivity index is 1.20. The Hall–Kier alpha value is -4.66. The number of likely N-dealkylation sites (tertiary alicyclic amines) is 1. The number of nitrogens with one attached hydrogen (secondary N) is 1. The highest BCUT2D eigenvalue weighted by Gasteiger charge is 2.40. The second-order valence-electron chi connectivity index (χ2n) is 12.4. The SMILES string of the molecule is COc1cc(C(=O)N2CC3CCC2C3)cc2nc(-c3cc4ccc(C(=O)Nc5ccncc5)cc4n3CC3CC3)n(C)c12. The van der Waals surface area contributed by atoms with E-state index in [1.807, 2.05) is 37.4 Å². The molecule has 1 N–H and O–H groups in total. The molecule has 2 atom stereocenters. The molecule has 2 bridgehead atoms. The van der Waals surface area contributed by atoms with Crippen molar-refractivity contribution in [3.05, 3.63) is 72.1 Å². The molecule has 1 saturated heterocycles. The lowest BCUT2D eigenvalue weighted by Gasteiger charge is -2.27. The van der Waals surface area contributed by atoms with Gasteiger partial charge in [-0.25, -0.2) is 4.98 Å². The smallest absolute Gasteiger partial charge is 0.255 e. The van der Waals surface area contributed by atoms with Crippen LogP contribution in [0.5, 0.6) is 5.75 Å². The lowest BCUT2D eigenvalue weighted by atomic mass is 10.1. The molecule has 0 radical (unpaired) electrons. The van der Waals surface area contributed by atoms with E-state index in [9.17, 15) is 9.59 Å². The van der Waals surface area contributed by atoms with Gasteiger partial charge in [0, 0.05) is 66.3 Å². The van der Waals surface area contributed by atoms with E-state index < -0.39 is 0 Å². The maximum atomic E-state index is 13.6. The number of nitrogens with zero attached hydrogens (tertiary/aromatic N) is 5. The van der Waals surface area contributed by atoms with Crippen LogP contribution in [0.4, 0.5) is 5.69 Å². The summed E-state index contributed by atoms with van der Waals surface area (Å²) in [7, 11) is 3.65. The zero-order valence-corrected chi connectivity index (χ0v) is 24.4. The molecule has 0 spiro atoms. The fraction of sp³-hybridized carbons (Fsp3) is 0.353. The van der Waals surface area contributed by atoms with Gasteiger partial charge in [-0.15, -0.1) is 0 Å². The Bertz CT molecular complexity index is 1900. The summed E-state index contributed by atoms with van der Waals surface area (Å²) in [4.78, 5) is 37.9. The van der Waals surface area contributed by atoms with Crippen LogP contribution in [0.15, 0.2) is 60.9 Å². The molecule has 9 heteroatoms. The molecule has 1 aliphatic heterocycles. The van der Waals surface area contributed by atoms with Gasteiger partial charge in [0.15, 0.2) is 5.82 Å². The number of hydrogen-bond acceptors (Lipinski definition) is 5. The van der Waals surface area contributed by atoms with Crippen molar-refractivity contribution < 1.29 is 14.3 Å². The minimum atomic E-state index is -0.162. The molecule has 2 amide bonds. The van der Waals surface area contributed by atoms with E-state index in [1.54, 1.807) is 31.6 Å². The minimum absolute atomic E-state index is 0.0695. The number of aryl methyl sites for hydroxylation is 1. The molecule has 8 rings (SSSR count). The highest BCUT2D eigenvalue weighted by atomic mass is 16.5. The van der Waals surface area contributed by atoms with Gasteiger partial charge in [0.1, 0.15) is 11.3 Å². The van der Waals surface area contributed by atoms with Gasteiger partial charge in [-0.05, 0) is 86.4 Å². The number of amides is 2. The highest BCUT2D eigenvalue weighted by molar-refractivity contribution is 6.06. The predicted molar refractivity (Wildman–Crippen MR) is 165 cm³/mol. The lowest BCUT2D eigenvalue weighted by molar-refractivity contribution is 0.0703. The van der Waals surface area contributed by atoms with Gasteiger partial charge in [0.05, 0.1) is 18.3 Å². The summed E-state index contributed by atoms with van der Waals surface area (Å²) in [6.45, 7) is 1.71. The summed E-state index contributed by atoms with van der Waals surface area (Å²) in [6.07, 6.45) is 9.16. The zero-order chi connectivity index (χ0) is 29.2. The van der Waals surface area contributed by atoms with Crippen LogP contribution < -0.4 is 10.1 Å². The first-order valence-electron chi connectivity index (χ1n) is 15.2. The Morgan fingerprint density at radius 3 is 2.56 bits per heavy atom. The fourth-order valence-corrected chi connectivity index (χ4v) is 7.13. The molecule has 3 aromatic heterocycles. The first-order chi connectivity index (χ1) is 21.0. The lowest BCUT2D eigenvalue weighted by Crippen LogP contribution is -2.37. The van der Waals surface area contributed by atoms with E-state index in [0.717, 1.165) is 59.4 Å². The number of methoxy groups -OCH3 is 1. The van der Waals surface area contributed by atoms with Crippen molar-refractivity contribution in [1.82, 2.24) is 24.0 Å². The van der Waals surface area contributed by atoms with Crippen molar-refractivity contribution in [2.75, 3.05) is 19.0 Å². The molecule has 2 saturated carbocycles. The largest absolute Gasteiger partial charge is 0.494 e. The summed E-state index contributed by atoms with van der Waals surface area (Å²) >= 11 is 0. The average Bonchev–Trinajstić information content (AvgIpc) is 3.31. The van der Waals surface area contributed by atoms with Crippen LogP contribution >= 0.6 is 0 Å². The number of imidazole rings is 1. The van der Waals surface area contributed by atoms with E-state index >= 15 is 0 Å². The van der Waals surface area contributed by atoms with Crippen molar-refractivity contribution >= 4 is 39.4 Å². The third kappa shape index (κ3) is 4.45. The first-order valence-corrected chi connectivity index (χ1v) is 15.2. The summed E-state index contributed by atoms with van der Waals surface area (Å²) in [5, 5.41) is 4.02. The second kappa shape index (κ2) is 9.97. The number of benzene rings is 2. The molecule has 2 unspecified atom stereocenters. The summed E-state index contributed by atoms with van der Waals surface area (Å²) < 4.78 is 10.2. The van der Waals surface area contributed by atoms with E-state index in [-0.39, 0.29) is 11.8 Å². The van der Waals surface area contributed by atoms with E-state index in [2.05, 4.69) is 30.4 Å². The van der Waals surface area contributed by atoms with Crippen LogP contribution in [0.3, 0.4) is 0 Å². The molecular weight excluding hydrogens is 540 g/mol. The van der Waals surface area contributed by atoms with E-state index in [4.69, 9.17) is 9.72 Å². The van der Waals surface area contributed by atoms with Gasteiger partial charge in [-0.1, -0.05) is 6.07 Å². The quantitative estimate of drug-likeness (QED) is 0.262. The number of rotatable bonds is 7. The zero-order valence-electron chi connectivity index (χ0n) is 24.4. The minimum Gasteiger partial charge on any atom is -0.494 e. The number of hydrogen-bond donors (Lipinski definition) is 1. The number of anilines is 1. The molecule has 9 nitrogen and oxygen atoms in total. The summed E-state index contributed by atoms with van der Waals surface area (Å²) in [6, 6.07) is 15.7. The van der Waals surface area contributed by atoms with Gasteiger partial charge in [-0.2, -0.15) is 0 Å². The van der Waals surface area contributed by atoms with Crippen LogP contribution in [0.2, 0.25) is 0 Å². The molecule has 3 fully saturated rings. The van der Waals surface area contributed by atoms with Gasteiger partial charge in [0.25, 0.3) is 11.8 Å². The van der Waals surface area contributed by atoms with Crippen LogP contribution in [0, 0.1) is 11.8 Å². The summed E-state index contributed by atoms with van der Waals surface area (Å²) in [5.74, 6) is 2.60. The molecule has 4 heterocycles. The van der Waals surface area contributed by atoms with Crippen molar-refractivity contribution in [2.45, 2.75) is 44.7 Å². The number of fused-ring (bicyclic) bond motifs is 4.